The lowest BCUT2D eigenvalue weighted by Crippen LogP contribution is -2.23. The number of amides is 1. The molecule has 8 nitrogen and oxygen atoms in total. The zero-order valence-corrected chi connectivity index (χ0v) is 17.7. The summed E-state index contributed by atoms with van der Waals surface area (Å²) in [5.41, 5.74) is 1.31. The lowest BCUT2D eigenvalue weighted by atomic mass is 9.87. The number of carbonyl (C=O) groups is 2. The van der Waals surface area contributed by atoms with E-state index in [-0.39, 0.29) is 24.0 Å². The molecule has 1 amide bonds. The van der Waals surface area contributed by atoms with Crippen LogP contribution in [0.25, 0.3) is 0 Å². The number of thiazole rings is 1. The molecule has 0 bridgehead atoms. The molecule has 160 valence electrons. The van der Waals surface area contributed by atoms with E-state index in [1.807, 2.05) is 0 Å². The average molecular weight is 432 g/mol. The van der Waals surface area contributed by atoms with Gasteiger partial charge in [-0.3, -0.25) is 19.7 Å². The Morgan fingerprint density at radius 2 is 2.00 bits per heavy atom. The van der Waals surface area contributed by atoms with E-state index in [9.17, 15) is 19.7 Å². The van der Waals surface area contributed by atoms with Crippen molar-refractivity contribution in [1.82, 2.24) is 4.98 Å². The second-order valence-electron chi connectivity index (χ2n) is 7.40. The highest BCUT2D eigenvalue weighted by molar-refractivity contribution is 7.13. The van der Waals surface area contributed by atoms with Crippen LogP contribution in [0.4, 0.5) is 10.8 Å². The van der Waals surface area contributed by atoms with Crippen molar-refractivity contribution in [3.8, 4) is 0 Å². The van der Waals surface area contributed by atoms with Crippen LogP contribution < -0.4 is 5.32 Å². The molecule has 30 heavy (non-hydrogen) atoms. The van der Waals surface area contributed by atoms with Crippen LogP contribution in [-0.4, -0.2) is 28.4 Å². The van der Waals surface area contributed by atoms with Crippen molar-refractivity contribution < 1.29 is 19.2 Å². The molecule has 1 aliphatic carbocycles. The lowest BCUT2D eigenvalue weighted by Gasteiger charge is -2.20. The molecule has 1 fully saturated rings. The number of anilines is 1. The van der Waals surface area contributed by atoms with Gasteiger partial charge in [-0.2, -0.15) is 0 Å². The first kappa shape index (κ1) is 21.9. The third kappa shape index (κ3) is 5.85. The Hall–Kier alpha value is -2.81. The summed E-state index contributed by atoms with van der Waals surface area (Å²) in [7, 11) is 0. The SMILES string of the molecule is CCOC(=O)Cc1csc(NC(=O)C(CC2CCCC2)c2ccc([N+](=O)[O-])cc2)n1. The lowest BCUT2D eigenvalue weighted by molar-refractivity contribution is -0.384. The molecule has 1 aliphatic rings. The smallest absolute Gasteiger partial charge is 0.311 e. The molecule has 2 aromatic rings. The molecule has 3 rings (SSSR count). The topological polar surface area (TPSA) is 111 Å². The van der Waals surface area contributed by atoms with Gasteiger partial charge in [0.2, 0.25) is 5.91 Å². The number of nitro benzene ring substituents is 1. The molecule has 1 atom stereocenters. The number of rotatable bonds is 9. The van der Waals surface area contributed by atoms with Crippen molar-refractivity contribution in [1.29, 1.82) is 0 Å². The minimum absolute atomic E-state index is 0.00213. The summed E-state index contributed by atoms with van der Waals surface area (Å²) in [5.74, 6) is -0.489. The summed E-state index contributed by atoms with van der Waals surface area (Å²) < 4.78 is 4.92. The molecule has 0 aliphatic heterocycles. The van der Waals surface area contributed by atoms with E-state index in [0.29, 0.717) is 29.8 Å². The van der Waals surface area contributed by atoms with Crippen LogP contribution in [0, 0.1) is 16.0 Å². The molecule has 9 heteroatoms. The number of aromatic nitrogens is 1. The summed E-state index contributed by atoms with van der Waals surface area (Å²) in [5, 5.41) is 16.0. The maximum Gasteiger partial charge on any atom is 0.311 e. The number of hydrogen-bond acceptors (Lipinski definition) is 7. The largest absolute Gasteiger partial charge is 0.466 e. The highest BCUT2D eigenvalue weighted by Crippen LogP contribution is 2.35. The van der Waals surface area contributed by atoms with E-state index < -0.39 is 10.8 Å². The number of benzene rings is 1. The summed E-state index contributed by atoms with van der Waals surface area (Å²) in [6.45, 7) is 2.05. The van der Waals surface area contributed by atoms with Gasteiger partial charge in [-0.25, -0.2) is 4.98 Å². The Balaban J connectivity index is 1.72. The first-order chi connectivity index (χ1) is 14.5. The molecular formula is C21H25N3O5S. The number of carbonyl (C=O) groups excluding carboxylic acids is 2. The van der Waals surface area contributed by atoms with Crippen molar-refractivity contribution >= 4 is 34.0 Å². The van der Waals surface area contributed by atoms with Gasteiger partial charge in [0.05, 0.1) is 29.6 Å². The van der Waals surface area contributed by atoms with Crippen molar-refractivity contribution in [2.75, 3.05) is 11.9 Å². The predicted octanol–water partition coefficient (Wildman–Crippen LogP) is 4.46. The quantitative estimate of drug-likeness (QED) is 0.356. The van der Waals surface area contributed by atoms with Crippen LogP contribution >= 0.6 is 11.3 Å². The normalized spacial score (nSPS) is 15.0. The molecule has 1 N–H and O–H groups in total. The monoisotopic (exact) mass is 431 g/mol. The molecule has 1 saturated carbocycles. The van der Waals surface area contributed by atoms with Gasteiger partial charge in [0, 0.05) is 17.5 Å². The van der Waals surface area contributed by atoms with Crippen LogP contribution in [0.3, 0.4) is 0 Å². The van der Waals surface area contributed by atoms with Gasteiger partial charge in [-0.1, -0.05) is 37.8 Å². The van der Waals surface area contributed by atoms with Crippen LogP contribution in [-0.2, 0) is 20.7 Å². The maximum absolute atomic E-state index is 13.1. The number of nitro groups is 1. The molecule has 1 heterocycles. The highest BCUT2D eigenvalue weighted by atomic mass is 32.1. The molecule has 0 radical (unpaired) electrons. The van der Waals surface area contributed by atoms with Gasteiger partial charge in [0.25, 0.3) is 5.69 Å². The summed E-state index contributed by atoms with van der Waals surface area (Å²) in [6, 6.07) is 6.19. The number of esters is 1. The van der Waals surface area contributed by atoms with E-state index in [1.165, 1.54) is 36.3 Å². The predicted molar refractivity (Wildman–Crippen MR) is 113 cm³/mol. The van der Waals surface area contributed by atoms with Crippen LogP contribution in [0.15, 0.2) is 29.6 Å². The minimum atomic E-state index is -0.448. The summed E-state index contributed by atoms with van der Waals surface area (Å²) >= 11 is 1.26. The van der Waals surface area contributed by atoms with Gasteiger partial charge < -0.3 is 10.1 Å². The van der Waals surface area contributed by atoms with Crippen LogP contribution in [0.5, 0.6) is 0 Å². The van der Waals surface area contributed by atoms with Gasteiger partial charge >= 0.3 is 5.97 Å². The van der Waals surface area contributed by atoms with E-state index in [2.05, 4.69) is 10.3 Å². The molecular weight excluding hydrogens is 406 g/mol. The second kappa shape index (κ2) is 10.3. The number of hydrogen-bond donors (Lipinski definition) is 1. The Kier molecular flexibility index (Phi) is 7.51. The number of ether oxygens (including phenoxy) is 1. The highest BCUT2D eigenvalue weighted by Gasteiger charge is 2.27. The van der Waals surface area contributed by atoms with E-state index in [0.717, 1.165) is 18.4 Å². The summed E-state index contributed by atoms with van der Waals surface area (Å²) in [6.07, 6.45) is 5.29. The third-order valence-corrected chi connectivity index (χ3v) is 6.09. The Morgan fingerprint density at radius 3 is 2.63 bits per heavy atom. The van der Waals surface area contributed by atoms with Crippen molar-refractivity contribution in [2.24, 2.45) is 5.92 Å². The molecule has 1 aromatic heterocycles. The van der Waals surface area contributed by atoms with Crippen molar-refractivity contribution in [3.05, 3.63) is 51.0 Å². The van der Waals surface area contributed by atoms with Crippen molar-refractivity contribution in [3.63, 3.8) is 0 Å². The second-order valence-corrected chi connectivity index (χ2v) is 8.26. The van der Waals surface area contributed by atoms with Gasteiger partial charge in [-0.05, 0) is 24.8 Å². The zero-order chi connectivity index (χ0) is 21.5. The summed E-state index contributed by atoms with van der Waals surface area (Å²) in [4.78, 5) is 39.5. The fraction of sp³-hybridized carbons (Fsp3) is 0.476. The molecule has 1 unspecified atom stereocenters. The number of non-ortho nitro benzene ring substituents is 1. The van der Waals surface area contributed by atoms with E-state index in [4.69, 9.17) is 4.74 Å². The van der Waals surface area contributed by atoms with Crippen LogP contribution in [0.2, 0.25) is 0 Å². The maximum atomic E-state index is 13.1. The molecule has 1 aromatic carbocycles. The van der Waals surface area contributed by atoms with Crippen LogP contribution in [0.1, 0.15) is 56.2 Å². The van der Waals surface area contributed by atoms with Gasteiger partial charge in [0.15, 0.2) is 5.13 Å². The number of nitrogens with one attached hydrogen (secondary N) is 1. The Morgan fingerprint density at radius 1 is 1.30 bits per heavy atom. The Bertz CT molecular complexity index is 890. The Labute approximate surface area is 178 Å². The first-order valence-electron chi connectivity index (χ1n) is 10.1. The third-order valence-electron chi connectivity index (χ3n) is 5.28. The van der Waals surface area contributed by atoms with E-state index >= 15 is 0 Å². The van der Waals surface area contributed by atoms with Gasteiger partial charge in [-0.15, -0.1) is 11.3 Å². The standard InChI is InChI=1S/C21H25N3O5S/c1-2-29-19(25)12-16-13-30-21(22-16)23-20(26)18(11-14-5-3-4-6-14)15-7-9-17(10-8-15)24(27)28/h7-10,13-14,18H,2-6,11-12H2,1H3,(H,22,23,26). The van der Waals surface area contributed by atoms with E-state index in [1.54, 1.807) is 24.4 Å². The minimum Gasteiger partial charge on any atom is -0.466 e. The molecule has 0 spiro atoms. The number of nitrogens with zero attached hydrogens (tertiary/aromatic N) is 2. The zero-order valence-electron chi connectivity index (χ0n) is 16.8. The van der Waals surface area contributed by atoms with Crippen molar-refractivity contribution in [2.45, 2.75) is 51.4 Å². The fourth-order valence-corrected chi connectivity index (χ4v) is 4.51. The molecule has 0 saturated heterocycles. The fourth-order valence-electron chi connectivity index (χ4n) is 3.80. The average Bonchev–Trinajstić information content (AvgIpc) is 3.38. The first-order valence-corrected chi connectivity index (χ1v) is 11.0. The van der Waals surface area contributed by atoms with Gasteiger partial charge in [0.1, 0.15) is 0 Å².